The second kappa shape index (κ2) is 13.6. The van der Waals surface area contributed by atoms with Gasteiger partial charge in [-0.25, -0.2) is 0 Å². The van der Waals surface area contributed by atoms with E-state index in [1.54, 1.807) is 22.3 Å². The standard InChI is InChI=1S/C14H22.C5H10.4CH3.Zr/c1-7-9(3)13-11(5)8(2)12(6)14(13)10(7)4;1-2-4-5-3-1;;;;;/h7,9,11,13H,1-6H3;1-5H2;4*1H3;/q;;4*-1;+4. The van der Waals surface area contributed by atoms with Gasteiger partial charge in [0.15, 0.2) is 0 Å². The van der Waals surface area contributed by atoms with Crippen molar-refractivity contribution in [1.82, 2.24) is 0 Å². The summed E-state index contributed by atoms with van der Waals surface area (Å²) in [6.07, 6.45) is 7.50. The molecule has 0 nitrogen and oxygen atoms in total. The number of hydrogen-bond acceptors (Lipinski definition) is 0. The molecule has 24 heavy (non-hydrogen) atoms. The van der Waals surface area contributed by atoms with E-state index in [-0.39, 0.29) is 55.9 Å². The SMILES string of the molecule is C1CCCC1.CC1=C(C)C(C)C2C1=C(C)C(C)C2C.[CH3-].[CH3-].[CH3-].[CH3-].[Zr+4]. The van der Waals surface area contributed by atoms with E-state index < -0.39 is 0 Å². The van der Waals surface area contributed by atoms with Gasteiger partial charge in [-0.15, -0.1) is 0 Å². The molecule has 0 aliphatic heterocycles. The molecule has 0 amide bonds. The summed E-state index contributed by atoms with van der Waals surface area (Å²) < 4.78 is 0. The summed E-state index contributed by atoms with van der Waals surface area (Å²) in [6, 6.07) is 0. The minimum absolute atomic E-state index is 0. The number of hydrogen-bond donors (Lipinski definition) is 0. The van der Waals surface area contributed by atoms with Crippen molar-refractivity contribution in [2.24, 2.45) is 23.7 Å². The Morgan fingerprint density at radius 3 is 1.33 bits per heavy atom. The third-order valence-electron chi connectivity index (χ3n) is 6.26. The zero-order valence-electron chi connectivity index (χ0n) is 18.3. The normalized spacial score (nSPS) is 29.8. The molecule has 3 rings (SSSR count). The van der Waals surface area contributed by atoms with Crippen LogP contribution in [0.1, 0.15) is 73.6 Å². The van der Waals surface area contributed by atoms with E-state index in [0.29, 0.717) is 0 Å². The topological polar surface area (TPSA) is 0 Å². The average Bonchev–Trinajstić information content (AvgIpc) is 3.08. The van der Waals surface area contributed by atoms with Crippen LogP contribution in [-0.4, -0.2) is 0 Å². The Kier molecular flexibility index (Phi) is 18.1. The van der Waals surface area contributed by atoms with Gasteiger partial charge in [0.05, 0.1) is 0 Å². The van der Waals surface area contributed by atoms with Crippen molar-refractivity contribution >= 4 is 0 Å². The number of fused-ring (bicyclic) bond motifs is 1. The van der Waals surface area contributed by atoms with Crippen LogP contribution in [0.4, 0.5) is 0 Å². The van der Waals surface area contributed by atoms with Crippen LogP contribution in [0.25, 0.3) is 0 Å². The molecule has 0 saturated heterocycles. The smallest absolute Gasteiger partial charge is 0.358 e. The summed E-state index contributed by atoms with van der Waals surface area (Å²) in [5, 5.41) is 0. The fourth-order valence-corrected chi connectivity index (χ4v) is 4.43. The molecule has 0 aromatic heterocycles. The fourth-order valence-electron chi connectivity index (χ4n) is 4.43. The molecule has 0 aromatic carbocycles. The Bertz CT molecular complexity index is 391. The van der Waals surface area contributed by atoms with Gasteiger partial charge < -0.3 is 29.7 Å². The van der Waals surface area contributed by atoms with Crippen LogP contribution in [0.5, 0.6) is 0 Å². The molecule has 140 valence electrons. The maximum Gasteiger partial charge on any atom is 4.00 e. The molecule has 0 bridgehead atoms. The fraction of sp³-hybridized carbons (Fsp3) is 0.652. The van der Waals surface area contributed by atoms with Crippen molar-refractivity contribution in [3.8, 4) is 0 Å². The van der Waals surface area contributed by atoms with Gasteiger partial charge in [0.25, 0.3) is 0 Å². The summed E-state index contributed by atoms with van der Waals surface area (Å²) in [5.41, 5.74) is 6.58. The zero-order chi connectivity index (χ0) is 14.2. The Labute approximate surface area is 175 Å². The van der Waals surface area contributed by atoms with Crippen molar-refractivity contribution in [2.45, 2.75) is 73.6 Å². The molecule has 0 spiro atoms. The molecule has 0 radical (unpaired) electrons. The first-order chi connectivity index (χ1) is 8.96. The third-order valence-corrected chi connectivity index (χ3v) is 6.26. The Morgan fingerprint density at radius 2 is 1.00 bits per heavy atom. The van der Waals surface area contributed by atoms with Gasteiger partial charge >= 0.3 is 26.2 Å². The van der Waals surface area contributed by atoms with Crippen LogP contribution in [0.2, 0.25) is 0 Å². The summed E-state index contributed by atoms with van der Waals surface area (Å²) in [6.45, 7) is 14.2. The molecule has 0 aromatic rings. The Balaban J connectivity index is -0.000000176. The maximum absolute atomic E-state index is 2.42. The number of rotatable bonds is 0. The minimum Gasteiger partial charge on any atom is -0.358 e. The van der Waals surface area contributed by atoms with Crippen LogP contribution < -0.4 is 0 Å². The molecule has 3 aliphatic carbocycles. The van der Waals surface area contributed by atoms with E-state index in [1.165, 1.54) is 32.1 Å². The number of allylic oxidation sites excluding steroid dienone is 4. The van der Waals surface area contributed by atoms with Gasteiger partial charge in [0.2, 0.25) is 0 Å². The molecule has 4 unspecified atom stereocenters. The average molecular weight is 412 g/mol. The van der Waals surface area contributed by atoms with Crippen molar-refractivity contribution in [3.63, 3.8) is 0 Å². The Morgan fingerprint density at radius 1 is 0.625 bits per heavy atom. The monoisotopic (exact) mass is 410 g/mol. The quantitative estimate of drug-likeness (QED) is 0.355. The molecule has 0 N–H and O–H groups in total. The van der Waals surface area contributed by atoms with Crippen LogP contribution in [0.3, 0.4) is 0 Å². The van der Waals surface area contributed by atoms with Crippen molar-refractivity contribution in [2.75, 3.05) is 0 Å². The third kappa shape index (κ3) is 5.97. The largest absolute Gasteiger partial charge is 4.00 e. The molecule has 1 fully saturated rings. The van der Waals surface area contributed by atoms with E-state index in [4.69, 9.17) is 0 Å². The first-order valence-corrected chi connectivity index (χ1v) is 8.35. The second-order valence-electron chi connectivity index (χ2n) is 7.13. The van der Waals surface area contributed by atoms with Gasteiger partial charge in [-0.1, -0.05) is 64.0 Å². The van der Waals surface area contributed by atoms with E-state index in [1.807, 2.05) is 0 Å². The first-order valence-electron chi connectivity index (χ1n) is 8.35. The molecular formula is C23H44Zr. The van der Waals surface area contributed by atoms with E-state index in [2.05, 4.69) is 41.5 Å². The van der Waals surface area contributed by atoms with Crippen molar-refractivity contribution in [3.05, 3.63) is 52.0 Å². The molecule has 1 heteroatoms. The predicted molar refractivity (Wildman–Crippen MR) is 111 cm³/mol. The van der Waals surface area contributed by atoms with Crippen LogP contribution in [0, 0.1) is 53.4 Å². The van der Waals surface area contributed by atoms with Gasteiger partial charge in [0.1, 0.15) is 0 Å². The van der Waals surface area contributed by atoms with Crippen LogP contribution in [-0.2, 0) is 26.2 Å². The van der Waals surface area contributed by atoms with Crippen LogP contribution >= 0.6 is 0 Å². The zero-order valence-corrected chi connectivity index (χ0v) is 20.8. The van der Waals surface area contributed by atoms with Crippen LogP contribution in [0.15, 0.2) is 22.3 Å². The molecule has 0 heterocycles. The molecule has 1 saturated carbocycles. The summed E-state index contributed by atoms with van der Waals surface area (Å²) >= 11 is 0. The van der Waals surface area contributed by atoms with Gasteiger partial charge in [-0.3, -0.25) is 0 Å². The molecule has 3 aliphatic rings. The van der Waals surface area contributed by atoms with Gasteiger partial charge in [-0.2, -0.15) is 0 Å². The van der Waals surface area contributed by atoms with Gasteiger partial charge in [0, 0.05) is 0 Å². The molecular weight excluding hydrogens is 367 g/mol. The summed E-state index contributed by atoms with van der Waals surface area (Å²) in [5.74, 6) is 3.23. The summed E-state index contributed by atoms with van der Waals surface area (Å²) in [4.78, 5) is 0. The predicted octanol–water partition coefficient (Wildman–Crippen LogP) is 7.94. The van der Waals surface area contributed by atoms with Crippen molar-refractivity contribution < 1.29 is 26.2 Å². The van der Waals surface area contributed by atoms with E-state index in [9.17, 15) is 0 Å². The Hall–Kier alpha value is 0.363. The van der Waals surface area contributed by atoms with E-state index in [0.717, 1.165) is 23.7 Å². The maximum atomic E-state index is 2.42. The second-order valence-corrected chi connectivity index (χ2v) is 7.13. The summed E-state index contributed by atoms with van der Waals surface area (Å²) in [7, 11) is 0. The van der Waals surface area contributed by atoms with E-state index >= 15 is 0 Å². The first kappa shape index (κ1) is 32.1. The minimum atomic E-state index is 0. The van der Waals surface area contributed by atoms with Crippen molar-refractivity contribution in [1.29, 1.82) is 0 Å². The van der Waals surface area contributed by atoms with Gasteiger partial charge in [-0.05, 0) is 55.6 Å². The molecule has 4 atom stereocenters.